The van der Waals surface area contributed by atoms with Crippen molar-refractivity contribution in [2.45, 2.75) is 13.0 Å². The molecular formula is C15H21N3O3. The number of likely N-dealkylation sites (N-methyl/N-ethyl adjacent to an activating group) is 1. The highest BCUT2D eigenvalue weighted by Crippen LogP contribution is 2.22. The van der Waals surface area contributed by atoms with Crippen LogP contribution < -0.4 is 5.32 Å². The average Bonchev–Trinajstić information content (AvgIpc) is 2.48. The van der Waals surface area contributed by atoms with Crippen molar-refractivity contribution in [3.63, 3.8) is 0 Å². The predicted molar refractivity (Wildman–Crippen MR) is 79.2 cm³/mol. The molecule has 21 heavy (non-hydrogen) atoms. The zero-order valence-electron chi connectivity index (χ0n) is 12.6. The maximum absolute atomic E-state index is 12.7. The van der Waals surface area contributed by atoms with Gasteiger partial charge < -0.3 is 20.2 Å². The van der Waals surface area contributed by atoms with Gasteiger partial charge in [-0.15, -0.1) is 0 Å². The zero-order chi connectivity index (χ0) is 15.6. The molecule has 1 aliphatic rings. The van der Waals surface area contributed by atoms with Crippen LogP contribution in [0, 0.1) is 6.92 Å². The second kappa shape index (κ2) is 6.13. The molecule has 1 atom stereocenters. The minimum Gasteiger partial charge on any atom is -0.508 e. The van der Waals surface area contributed by atoms with Crippen LogP contribution in [0.4, 0.5) is 0 Å². The molecule has 6 nitrogen and oxygen atoms in total. The van der Waals surface area contributed by atoms with E-state index in [1.54, 1.807) is 44.1 Å². The summed E-state index contributed by atoms with van der Waals surface area (Å²) >= 11 is 0. The lowest BCUT2D eigenvalue weighted by Crippen LogP contribution is -2.59. The van der Waals surface area contributed by atoms with E-state index in [9.17, 15) is 14.7 Å². The van der Waals surface area contributed by atoms with Gasteiger partial charge in [0.2, 0.25) is 5.91 Å². The molecule has 2 amide bonds. The number of phenols is 1. The van der Waals surface area contributed by atoms with Crippen molar-refractivity contribution in [3.8, 4) is 5.75 Å². The number of phenolic OH excluding ortho intramolecular Hbond substituents is 1. The summed E-state index contributed by atoms with van der Waals surface area (Å²) in [7, 11) is 3.36. The van der Waals surface area contributed by atoms with Crippen LogP contribution >= 0.6 is 0 Å². The van der Waals surface area contributed by atoms with Gasteiger partial charge in [0, 0.05) is 44.9 Å². The fourth-order valence-electron chi connectivity index (χ4n) is 2.48. The van der Waals surface area contributed by atoms with Crippen LogP contribution in [0.2, 0.25) is 0 Å². The number of benzene rings is 1. The summed E-state index contributed by atoms with van der Waals surface area (Å²) in [6.07, 6.45) is 0. The summed E-state index contributed by atoms with van der Waals surface area (Å²) in [5.74, 6) is -0.232. The van der Waals surface area contributed by atoms with Gasteiger partial charge in [-0.3, -0.25) is 9.59 Å². The third-order valence-corrected chi connectivity index (χ3v) is 3.77. The Hall–Kier alpha value is -2.08. The molecule has 2 N–H and O–H groups in total. The SMILES string of the molecule is Cc1c(O)cccc1C(=O)N1CCNCC1C(=O)N(C)C. The van der Waals surface area contributed by atoms with Gasteiger partial charge in [-0.2, -0.15) is 0 Å². The van der Waals surface area contributed by atoms with E-state index in [0.29, 0.717) is 30.8 Å². The van der Waals surface area contributed by atoms with Crippen molar-refractivity contribution >= 4 is 11.8 Å². The average molecular weight is 291 g/mol. The van der Waals surface area contributed by atoms with E-state index in [-0.39, 0.29) is 17.6 Å². The lowest BCUT2D eigenvalue weighted by atomic mass is 10.0. The Balaban J connectivity index is 2.31. The Morgan fingerprint density at radius 3 is 2.76 bits per heavy atom. The van der Waals surface area contributed by atoms with Crippen LogP contribution in [0.15, 0.2) is 18.2 Å². The van der Waals surface area contributed by atoms with E-state index in [1.165, 1.54) is 4.90 Å². The minimum absolute atomic E-state index is 0.0893. The first kappa shape index (κ1) is 15.3. The summed E-state index contributed by atoms with van der Waals surface area (Å²) in [6.45, 7) is 3.27. The van der Waals surface area contributed by atoms with Crippen molar-refractivity contribution in [2.24, 2.45) is 0 Å². The molecule has 1 aromatic carbocycles. The topological polar surface area (TPSA) is 72.9 Å². The van der Waals surface area contributed by atoms with E-state index in [2.05, 4.69) is 5.32 Å². The van der Waals surface area contributed by atoms with Gasteiger partial charge in [0.25, 0.3) is 5.91 Å². The highest BCUT2D eigenvalue weighted by atomic mass is 16.3. The highest BCUT2D eigenvalue weighted by molar-refractivity contribution is 5.99. The number of piperazine rings is 1. The molecule has 1 heterocycles. The molecule has 1 aromatic rings. The van der Waals surface area contributed by atoms with Gasteiger partial charge >= 0.3 is 0 Å². The lowest BCUT2D eigenvalue weighted by molar-refractivity contribution is -0.134. The van der Waals surface area contributed by atoms with Crippen molar-refractivity contribution < 1.29 is 14.7 Å². The molecular weight excluding hydrogens is 270 g/mol. The van der Waals surface area contributed by atoms with E-state index in [4.69, 9.17) is 0 Å². The summed E-state index contributed by atoms with van der Waals surface area (Å²) in [4.78, 5) is 28.0. The lowest BCUT2D eigenvalue weighted by Gasteiger charge is -2.36. The molecule has 1 saturated heterocycles. The van der Waals surface area contributed by atoms with Gasteiger partial charge in [-0.25, -0.2) is 0 Å². The number of carbonyl (C=O) groups excluding carboxylic acids is 2. The van der Waals surface area contributed by atoms with Gasteiger partial charge in [-0.1, -0.05) is 6.07 Å². The standard InChI is InChI=1S/C15H21N3O3/c1-10-11(5-4-6-13(10)19)14(20)18-8-7-16-9-12(18)15(21)17(2)3/h4-6,12,16,19H,7-9H2,1-3H3. The predicted octanol–water partition coefficient (Wildman–Crippen LogP) is 0.203. The summed E-state index contributed by atoms with van der Waals surface area (Å²) < 4.78 is 0. The van der Waals surface area contributed by atoms with Crippen LogP contribution in [-0.2, 0) is 4.79 Å². The number of hydrogen-bond acceptors (Lipinski definition) is 4. The largest absolute Gasteiger partial charge is 0.508 e. The molecule has 2 rings (SSSR count). The molecule has 0 spiro atoms. The van der Waals surface area contributed by atoms with Crippen molar-refractivity contribution in [1.29, 1.82) is 0 Å². The number of nitrogens with zero attached hydrogens (tertiary/aromatic N) is 2. The Morgan fingerprint density at radius 1 is 1.38 bits per heavy atom. The number of rotatable bonds is 2. The number of hydrogen-bond donors (Lipinski definition) is 2. The normalized spacial score (nSPS) is 18.4. The third-order valence-electron chi connectivity index (χ3n) is 3.77. The van der Waals surface area contributed by atoms with Gasteiger partial charge in [0.15, 0.2) is 0 Å². The van der Waals surface area contributed by atoms with E-state index < -0.39 is 6.04 Å². The maximum atomic E-state index is 12.7. The Morgan fingerprint density at radius 2 is 2.10 bits per heavy atom. The van der Waals surface area contributed by atoms with E-state index in [0.717, 1.165) is 0 Å². The smallest absolute Gasteiger partial charge is 0.255 e. The molecule has 0 bridgehead atoms. The van der Waals surface area contributed by atoms with E-state index in [1.807, 2.05) is 0 Å². The monoisotopic (exact) mass is 291 g/mol. The first-order valence-electron chi connectivity index (χ1n) is 6.95. The number of amides is 2. The van der Waals surface area contributed by atoms with Crippen LogP contribution in [0.3, 0.4) is 0 Å². The van der Waals surface area contributed by atoms with Crippen molar-refractivity contribution in [1.82, 2.24) is 15.1 Å². The number of nitrogens with one attached hydrogen (secondary N) is 1. The van der Waals surface area contributed by atoms with Gasteiger partial charge in [0.05, 0.1) is 0 Å². The molecule has 1 aliphatic heterocycles. The number of carbonyl (C=O) groups is 2. The first-order chi connectivity index (χ1) is 9.93. The Bertz CT molecular complexity index is 557. The van der Waals surface area contributed by atoms with Crippen LogP contribution in [0.1, 0.15) is 15.9 Å². The van der Waals surface area contributed by atoms with Crippen LogP contribution in [-0.4, -0.2) is 66.5 Å². The first-order valence-corrected chi connectivity index (χ1v) is 6.95. The van der Waals surface area contributed by atoms with Crippen molar-refractivity contribution in [3.05, 3.63) is 29.3 Å². The quantitative estimate of drug-likeness (QED) is 0.816. The molecule has 6 heteroatoms. The van der Waals surface area contributed by atoms with Gasteiger partial charge in [0.1, 0.15) is 11.8 Å². The highest BCUT2D eigenvalue weighted by Gasteiger charge is 2.34. The van der Waals surface area contributed by atoms with Gasteiger partial charge in [-0.05, 0) is 19.1 Å². The molecule has 1 unspecified atom stereocenters. The van der Waals surface area contributed by atoms with Crippen LogP contribution in [0.25, 0.3) is 0 Å². The summed E-state index contributed by atoms with van der Waals surface area (Å²) in [6, 6.07) is 4.35. The second-order valence-corrected chi connectivity index (χ2v) is 5.40. The molecule has 0 saturated carbocycles. The Labute approximate surface area is 124 Å². The molecule has 0 aromatic heterocycles. The second-order valence-electron chi connectivity index (χ2n) is 5.40. The molecule has 0 aliphatic carbocycles. The number of aromatic hydroxyl groups is 1. The molecule has 1 fully saturated rings. The summed E-state index contributed by atoms with van der Waals surface area (Å²) in [5, 5.41) is 12.9. The maximum Gasteiger partial charge on any atom is 0.255 e. The van der Waals surface area contributed by atoms with E-state index >= 15 is 0 Å². The fraction of sp³-hybridized carbons (Fsp3) is 0.467. The fourth-order valence-corrected chi connectivity index (χ4v) is 2.48. The minimum atomic E-state index is -0.511. The molecule has 114 valence electrons. The third kappa shape index (κ3) is 3.00. The Kier molecular flexibility index (Phi) is 4.47. The zero-order valence-corrected chi connectivity index (χ0v) is 12.6. The van der Waals surface area contributed by atoms with Crippen molar-refractivity contribution in [2.75, 3.05) is 33.7 Å². The van der Waals surface area contributed by atoms with Crippen LogP contribution in [0.5, 0.6) is 5.75 Å². The summed E-state index contributed by atoms with van der Waals surface area (Å²) in [5.41, 5.74) is 0.977. The molecule has 0 radical (unpaired) electrons.